The van der Waals surface area contributed by atoms with Crippen LogP contribution in [0, 0.1) is 5.41 Å². The van der Waals surface area contributed by atoms with Crippen molar-refractivity contribution in [3.8, 4) is 0 Å². The van der Waals surface area contributed by atoms with Gasteiger partial charge >= 0.3 is 5.97 Å². The Morgan fingerprint density at radius 2 is 1.59 bits per heavy atom. The fraction of sp³-hybridized carbons (Fsp3) is 0.846. The summed E-state index contributed by atoms with van der Waals surface area (Å²) in [5.74, 6) is -1.33. The summed E-state index contributed by atoms with van der Waals surface area (Å²) < 4.78 is 0. The molecule has 0 atom stereocenters. The molecule has 0 heterocycles. The highest BCUT2D eigenvalue weighted by atomic mass is 16.4. The second-order valence-electron chi connectivity index (χ2n) is 5.49. The highest BCUT2D eigenvalue weighted by Gasteiger charge is 2.39. The number of carboxylic acid groups (broad SMARTS) is 1. The van der Waals surface area contributed by atoms with Gasteiger partial charge in [0.25, 0.3) is 0 Å². The van der Waals surface area contributed by atoms with Crippen molar-refractivity contribution in [1.29, 1.82) is 0 Å². The predicted octanol–water partition coefficient (Wildman–Crippen LogP) is 2.28. The summed E-state index contributed by atoms with van der Waals surface area (Å²) in [6.07, 6.45) is 6.71. The highest BCUT2D eigenvalue weighted by Crippen LogP contribution is 2.25. The minimum atomic E-state index is -1.32. The van der Waals surface area contributed by atoms with Gasteiger partial charge in [-0.2, -0.15) is 0 Å². The first-order chi connectivity index (χ1) is 7.87. The maximum atomic E-state index is 12.2. The molecule has 0 unspecified atom stereocenters. The van der Waals surface area contributed by atoms with Gasteiger partial charge in [0.05, 0.1) is 0 Å². The van der Waals surface area contributed by atoms with E-state index in [1.54, 1.807) is 11.9 Å². The molecule has 0 aliphatic heterocycles. The van der Waals surface area contributed by atoms with Crippen molar-refractivity contribution in [2.75, 3.05) is 7.05 Å². The first-order valence-electron chi connectivity index (χ1n) is 6.38. The van der Waals surface area contributed by atoms with E-state index in [-0.39, 0.29) is 11.9 Å². The Morgan fingerprint density at radius 3 is 2.00 bits per heavy atom. The predicted molar refractivity (Wildman–Crippen MR) is 65.7 cm³/mol. The molecule has 1 fully saturated rings. The summed E-state index contributed by atoms with van der Waals surface area (Å²) in [6.45, 7) is 2.95. The molecule has 0 bridgehead atoms. The van der Waals surface area contributed by atoms with Crippen LogP contribution >= 0.6 is 0 Å². The minimum Gasteiger partial charge on any atom is -0.480 e. The average molecular weight is 241 g/mol. The zero-order chi connectivity index (χ0) is 13.1. The van der Waals surface area contributed by atoms with E-state index in [1.807, 2.05) is 0 Å². The molecule has 0 saturated heterocycles. The monoisotopic (exact) mass is 241 g/mol. The smallest absolute Gasteiger partial charge is 0.318 e. The molecular weight excluding hydrogens is 218 g/mol. The summed E-state index contributed by atoms with van der Waals surface area (Å²) in [7, 11) is 1.74. The Balaban J connectivity index is 2.71. The summed E-state index contributed by atoms with van der Waals surface area (Å²) in [5, 5.41) is 9.07. The van der Waals surface area contributed by atoms with E-state index in [0.717, 1.165) is 25.7 Å². The summed E-state index contributed by atoms with van der Waals surface area (Å²) in [5.41, 5.74) is -1.32. The van der Waals surface area contributed by atoms with Crippen molar-refractivity contribution >= 4 is 11.9 Å². The van der Waals surface area contributed by atoms with Crippen molar-refractivity contribution in [3.05, 3.63) is 0 Å². The van der Waals surface area contributed by atoms with Crippen LogP contribution in [0.1, 0.15) is 52.4 Å². The number of amides is 1. The molecule has 0 aromatic rings. The quantitative estimate of drug-likeness (QED) is 0.609. The number of nitrogens with zero attached hydrogens (tertiary/aromatic N) is 1. The zero-order valence-electron chi connectivity index (χ0n) is 11.0. The van der Waals surface area contributed by atoms with Gasteiger partial charge in [0, 0.05) is 13.1 Å². The molecule has 4 heteroatoms. The van der Waals surface area contributed by atoms with Crippen LogP contribution in [0.25, 0.3) is 0 Å². The molecule has 4 nitrogen and oxygen atoms in total. The zero-order valence-corrected chi connectivity index (χ0v) is 11.0. The summed E-state index contributed by atoms with van der Waals surface area (Å²) in [4.78, 5) is 24.9. The van der Waals surface area contributed by atoms with Gasteiger partial charge in [0.1, 0.15) is 5.41 Å². The molecule has 17 heavy (non-hydrogen) atoms. The molecule has 0 aromatic heterocycles. The van der Waals surface area contributed by atoms with Crippen LogP contribution in [0.2, 0.25) is 0 Å². The molecular formula is C13H23NO3. The molecule has 1 aliphatic rings. The van der Waals surface area contributed by atoms with E-state index in [9.17, 15) is 9.59 Å². The number of carbonyl (C=O) groups is 2. The van der Waals surface area contributed by atoms with Gasteiger partial charge < -0.3 is 10.0 Å². The summed E-state index contributed by atoms with van der Waals surface area (Å²) in [6, 6.07) is 0.212. The SMILES string of the molecule is CN(C(=O)C(C)(C)C(=O)O)C1CCCCCC1. The van der Waals surface area contributed by atoms with Crippen LogP contribution in [0.4, 0.5) is 0 Å². The van der Waals surface area contributed by atoms with E-state index < -0.39 is 11.4 Å². The molecule has 1 saturated carbocycles. The van der Waals surface area contributed by atoms with E-state index >= 15 is 0 Å². The lowest BCUT2D eigenvalue weighted by Gasteiger charge is -2.32. The molecule has 98 valence electrons. The molecule has 0 spiro atoms. The van der Waals surface area contributed by atoms with Gasteiger partial charge in [-0.05, 0) is 26.7 Å². The molecule has 1 aliphatic carbocycles. The first-order valence-corrected chi connectivity index (χ1v) is 6.38. The molecule has 1 amide bonds. The first kappa shape index (κ1) is 14.0. The maximum absolute atomic E-state index is 12.2. The molecule has 0 radical (unpaired) electrons. The Hall–Kier alpha value is -1.06. The van der Waals surface area contributed by atoms with Gasteiger partial charge in [0.2, 0.25) is 5.91 Å². The topological polar surface area (TPSA) is 57.6 Å². The van der Waals surface area contributed by atoms with Crippen molar-refractivity contribution in [3.63, 3.8) is 0 Å². The van der Waals surface area contributed by atoms with Crippen LogP contribution in [0.15, 0.2) is 0 Å². The standard InChI is InChI=1S/C13H23NO3/c1-13(2,12(16)17)11(15)14(3)10-8-6-4-5-7-9-10/h10H,4-9H2,1-3H3,(H,16,17). The van der Waals surface area contributed by atoms with Gasteiger partial charge in [0.15, 0.2) is 0 Å². The van der Waals surface area contributed by atoms with E-state index in [2.05, 4.69) is 0 Å². The Kier molecular flexibility index (Phi) is 4.54. The van der Waals surface area contributed by atoms with Crippen LogP contribution in [0.5, 0.6) is 0 Å². The maximum Gasteiger partial charge on any atom is 0.318 e. The molecule has 1 rings (SSSR count). The Morgan fingerprint density at radius 1 is 1.12 bits per heavy atom. The van der Waals surface area contributed by atoms with E-state index in [1.165, 1.54) is 26.7 Å². The van der Waals surface area contributed by atoms with Crippen LogP contribution < -0.4 is 0 Å². The highest BCUT2D eigenvalue weighted by molar-refractivity contribution is 6.00. The van der Waals surface area contributed by atoms with Gasteiger partial charge in [-0.25, -0.2) is 0 Å². The van der Waals surface area contributed by atoms with Crippen LogP contribution in [0.3, 0.4) is 0 Å². The van der Waals surface area contributed by atoms with Crippen LogP contribution in [-0.4, -0.2) is 35.0 Å². The number of rotatable bonds is 3. The van der Waals surface area contributed by atoms with Gasteiger partial charge in [-0.15, -0.1) is 0 Å². The number of hydrogen-bond acceptors (Lipinski definition) is 2. The number of carbonyl (C=O) groups excluding carboxylic acids is 1. The van der Waals surface area contributed by atoms with E-state index in [4.69, 9.17) is 5.11 Å². The Labute approximate surface area is 103 Å². The normalized spacial score (nSPS) is 18.5. The fourth-order valence-electron chi connectivity index (χ4n) is 2.34. The third-order valence-corrected chi connectivity index (χ3v) is 3.76. The lowest BCUT2D eigenvalue weighted by molar-refractivity contribution is -0.158. The van der Waals surface area contributed by atoms with E-state index in [0.29, 0.717) is 0 Å². The number of carboxylic acids is 1. The largest absolute Gasteiger partial charge is 0.480 e. The molecule has 0 aromatic carbocycles. The van der Waals surface area contributed by atoms with Crippen LogP contribution in [-0.2, 0) is 9.59 Å². The van der Waals surface area contributed by atoms with Gasteiger partial charge in [-0.1, -0.05) is 25.7 Å². The third kappa shape index (κ3) is 3.20. The van der Waals surface area contributed by atoms with Crippen molar-refractivity contribution < 1.29 is 14.7 Å². The number of hydrogen-bond donors (Lipinski definition) is 1. The Bertz CT molecular complexity index is 291. The average Bonchev–Trinajstić information content (AvgIpc) is 2.55. The lowest BCUT2D eigenvalue weighted by atomic mass is 9.90. The lowest BCUT2D eigenvalue weighted by Crippen LogP contribution is -2.47. The second kappa shape index (κ2) is 5.52. The van der Waals surface area contributed by atoms with Crippen molar-refractivity contribution in [1.82, 2.24) is 4.90 Å². The van der Waals surface area contributed by atoms with Gasteiger partial charge in [-0.3, -0.25) is 9.59 Å². The fourth-order valence-corrected chi connectivity index (χ4v) is 2.34. The third-order valence-electron chi connectivity index (χ3n) is 3.76. The van der Waals surface area contributed by atoms with Crippen molar-refractivity contribution in [2.45, 2.75) is 58.4 Å². The minimum absolute atomic E-state index is 0.212. The number of aliphatic carboxylic acids is 1. The second-order valence-corrected chi connectivity index (χ2v) is 5.49. The summed E-state index contributed by atoms with van der Waals surface area (Å²) >= 11 is 0. The van der Waals surface area contributed by atoms with Crippen molar-refractivity contribution in [2.24, 2.45) is 5.41 Å². The molecule has 1 N–H and O–H groups in total.